The zero-order valence-electron chi connectivity index (χ0n) is 14.1. The van der Waals surface area contributed by atoms with E-state index in [0.717, 1.165) is 19.6 Å². The molecule has 0 radical (unpaired) electrons. The number of amides is 2. The summed E-state index contributed by atoms with van der Waals surface area (Å²) in [5.74, 6) is 0. The molecule has 1 N–H and O–H groups in total. The molecule has 2 aromatic rings. The fourth-order valence-electron chi connectivity index (χ4n) is 2.96. The molecule has 1 aliphatic rings. The summed E-state index contributed by atoms with van der Waals surface area (Å²) in [7, 11) is 0. The largest absolute Gasteiger partial charge is 0.322 e. The van der Waals surface area contributed by atoms with Gasteiger partial charge in [0.2, 0.25) is 0 Å². The van der Waals surface area contributed by atoms with Crippen molar-refractivity contribution in [2.75, 3.05) is 31.5 Å². The highest BCUT2D eigenvalue weighted by Gasteiger charge is 2.21. The Morgan fingerprint density at radius 3 is 2.52 bits per heavy atom. The van der Waals surface area contributed by atoms with E-state index in [9.17, 15) is 4.79 Å². The van der Waals surface area contributed by atoms with Crippen molar-refractivity contribution in [3.8, 4) is 0 Å². The topological polar surface area (TPSA) is 35.6 Å². The Labute approximate surface area is 158 Å². The summed E-state index contributed by atoms with van der Waals surface area (Å²) in [4.78, 5) is 16.6. The zero-order valence-corrected chi connectivity index (χ0v) is 15.6. The van der Waals surface area contributed by atoms with Crippen LogP contribution in [-0.4, -0.2) is 42.0 Å². The van der Waals surface area contributed by atoms with Crippen molar-refractivity contribution in [3.05, 3.63) is 63.6 Å². The maximum atomic E-state index is 12.4. The molecule has 25 heavy (non-hydrogen) atoms. The number of nitrogens with zero attached hydrogens (tertiary/aromatic N) is 2. The molecule has 4 nitrogen and oxygen atoms in total. The van der Waals surface area contributed by atoms with Gasteiger partial charge in [0, 0.05) is 37.7 Å². The van der Waals surface area contributed by atoms with Gasteiger partial charge in [0.15, 0.2) is 0 Å². The van der Waals surface area contributed by atoms with Crippen LogP contribution in [0.15, 0.2) is 42.5 Å². The van der Waals surface area contributed by atoms with Crippen LogP contribution in [0.2, 0.25) is 10.0 Å². The number of halogens is 2. The predicted molar refractivity (Wildman–Crippen MR) is 104 cm³/mol. The van der Waals surface area contributed by atoms with Gasteiger partial charge in [-0.05, 0) is 30.7 Å². The van der Waals surface area contributed by atoms with Gasteiger partial charge in [-0.2, -0.15) is 0 Å². The van der Waals surface area contributed by atoms with Crippen LogP contribution < -0.4 is 5.32 Å². The number of piperazine rings is 1. The zero-order chi connectivity index (χ0) is 17.8. The van der Waals surface area contributed by atoms with Gasteiger partial charge in [-0.3, -0.25) is 4.90 Å². The van der Waals surface area contributed by atoms with Crippen LogP contribution >= 0.6 is 23.2 Å². The van der Waals surface area contributed by atoms with Crippen molar-refractivity contribution in [2.24, 2.45) is 0 Å². The quantitative estimate of drug-likeness (QED) is 0.844. The summed E-state index contributed by atoms with van der Waals surface area (Å²) >= 11 is 12.0. The van der Waals surface area contributed by atoms with Crippen molar-refractivity contribution in [3.63, 3.8) is 0 Å². The van der Waals surface area contributed by atoms with Gasteiger partial charge in [0.1, 0.15) is 0 Å². The van der Waals surface area contributed by atoms with E-state index >= 15 is 0 Å². The first kappa shape index (κ1) is 18.1. The molecule has 1 heterocycles. The van der Waals surface area contributed by atoms with Gasteiger partial charge in [0.05, 0.1) is 10.7 Å². The Hall–Kier alpha value is -1.75. The van der Waals surface area contributed by atoms with Crippen molar-refractivity contribution in [2.45, 2.75) is 13.5 Å². The summed E-state index contributed by atoms with van der Waals surface area (Å²) in [5, 5.41) is 3.85. The van der Waals surface area contributed by atoms with Gasteiger partial charge >= 0.3 is 6.03 Å². The monoisotopic (exact) mass is 377 g/mol. The van der Waals surface area contributed by atoms with E-state index in [-0.39, 0.29) is 6.03 Å². The number of rotatable bonds is 3. The molecular formula is C19H21Cl2N3O. The third-order valence-corrected chi connectivity index (χ3v) is 4.87. The molecule has 132 valence electrons. The normalized spacial score (nSPS) is 15.2. The molecule has 1 saturated heterocycles. The second kappa shape index (κ2) is 8.09. The fourth-order valence-corrected chi connectivity index (χ4v) is 3.42. The summed E-state index contributed by atoms with van der Waals surface area (Å²) < 4.78 is 0. The molecule has 0 saturated carbocycles. The number of benzene rings is 2. The van der Waals surface area contributed by atoms with Crippen LogP contribution in [0.4, 0.5) is 10.5 Å². The number of nitrogens with one attached hydrogen (secondary N) is 1. The molecular weight excluding hydrogens is 357 g/mol. The van der Waals surface area contributed by atoms with E-state index in [4.69, 9.17) is 23.2 Å². The molecule has 0 atom stereocenters. The number of urea groups is 1. The minimum Gasteiger partial charge on any atom is -0.322 e. The number of hydrogen-bond donors (Lipinski definition) is 1. The van der Waals surface area contributed by atoms with Crippen LogP contribution in [0.3, 0.4) is 0 Å². The maximum Gasteiger partial charge on any atom is 0.321 e. The highest BCUT2D eigenvalue weighted by molar-refractivity contribution is 6.36. The number of hydrogen-bond acceptors (Lipinski definition) is 2. The third kappa shape index (κ3) is 4.88. The Morgan fingerprint density at radius 2 is 1.84 bits per heavy atom. The van der Waals surface area contributed by atoms with Gasteiger partial charge in [-0.1, -0.05) is 53.0 Å². The van der Waals surface area contributed by atoms with Crippen molar-refractivity contribution in [1.29, 1.82) is 0 Å². The molecule has 1 fully saturated rings. The van der Waals surface area contributed by atoms with E-state index in [1.165, 1.54) is 11.1 Å². The van der Waals surface area contributed by atoms with Crippen LogP contribution in [-0.2, 0) is 6.54 Å². The molecule has 0 unspecified atom stereocenters. The highest BCUT2D eigenvalue weighted by Crippen LogP contribution is 2.25. The smallest absolute Gasteiger partial charge is 0.321 e. The number of carbonyl (C=O) groups excluding carboxylic acids is 1. The molecule has 2 aromatic carbocycles. The fraction of sp³-hybridized carbons (Fsp3) is 0.316. The lowest BCUT2D eigenvalue weighted by Crippen LogP contribution is -2.49. The first-order valence-electron chi connectivity index (χ1n) is 8.30. The van der Waals surface area contributed by atoms with E-state index in [2.05, 4.69) is 41.4 Å². The van der Waals surface area contributed by atoms with Gasteiger partial charge in [0.25, 0.3) is 0 Å². The summed E-state index contributed by atoms with van der Waals surface area (Å²) in [5.41, 5.74) is 3.17. The first-order valence-corrected chi connectivity index (χ1v) is 9.06. The van der Waals surface area contributed by atoms with Crippen molar-refractivity contribution >= 4 is 34.9 Å². The van der Waals surface area contributed by atoms with E-state index in [0.29, 0.717) is 28.8 Å². The van der Waals surface area contributed by atoms with E-state index in [1.807, 2.05) is 4.90 Å². The molecule has 0 aliphatic carbocycles. The molecule has 0 aromatic heterocycles. The van der Waals surface area contributed by atoms with Crippen LogP contribution in [0.1, 0.15) is 11.1 Å². The third-order valence-electron chi connectivity index (χ3n) is 4.32. The molecule has 0 spiro atoms. The second-order valence-corrected chi connectivity index (χ2v) is 7.15. The van der Waals surface area contributed by atoms with Crippen LogP contribution in [0.25, 0.3) is 0 Å². The molecule has 2 amide bonds. The average Bonchev–Trinajstić information content (AvgIpc) is 2.58. The van der Waals surface area contributed by atoms with Gasteiger partial charge < -0.3 is 10.2 Å². The second-order valence-electron chi connectivity index (χ2n) is 6.31. The average molecular weight is 378 g/mol. The lowest BCUT2D eigenvalue weighted by Gasteiger charge is -2.34. The maximum absolute atomic E-state index is 12.4. The van der Waals surface area contributed by atoms with Crippen LogP contribution in [0, 0.1) is 6.92 Å². The number of carbonyl (C=O) groups is 1. The molecule has 1 aliphatic heterocycles. The molecule has 0 bridgehead atoms. The Balaban J connectivity index is 1.52. The molecule has 3 rings (SSSR count). The van der Waals surface area contributed by atoms with Crippen molar-refractivity contribution in [1.82, 2.24) is 9.80 Å². The Kier molecular flexibility index (Phi) is 5.84. The van der Waals surface area contributed by atoms with E-state index < -0.39 is 0 Å². The predicted octanol–water partition coefficient (Wildman–Crippen LogP) is 4.65. The standard InChI is InChI=1S/C19H21Cl2N3O/c1-14-3-2-4-15(11-14)13-23-7-9-24(10-8-23)19(25)22-18-6-5-16(20)12-17(18)21/h2-6,11-12H,7-10,13H2,1H3,(H,22,25). The Bertz CT molecular complexity index is 758. The van der Waals surface area contributed by atoms with Gasteiger partial charge in [-0.15, -0.1) is 0 Å². The number of anilines is 1. The van der Waals surface area contributed by atoms with E-state index in [1.54, 1.807) is 18.2 Å². The minimum absolute atomic E-state index is 0.126. The summed E-state index contributed by atoms with van der Waals surface area (Å²) in [6.07, 6.45) is 0. The van der Waals surface area contributed by atoms with Crippen molar-refractivity contribution < 1.29 is 4.79 Å². The first-order chi connectivity index (χ1) is 12.0. The Morgan fingerprint density at radius 1 is 1.08 bits per heavy atom. The minimum atomic E-state index is -0.126. The van der Waals surface area contributed by atoms with Gasteiger partial charge in [-0.25, -0.2) is 4.79 Å². The SMILES string of the molecule is Cc1cccc(CN2CCN(C(=O)Nc3ccc(Cl)cc3Cl)CC2)c1. The lowest BCUT2D eigenvalue weighted by molar-refractivity contribution is 0.143. The van der Waals surface area contributed by atoms with Crippen LogP contribution in [0.5, 0.6) is 0 Å². The summed E-state index contributed by atoms with van der Waals surface area (Å²) in [6.45, 7) is 6.13. The molecule has 6 heteroatoms. The number of aryl methyl sites for hydroxylation is 1. The highest BCUT2D eigenvalue weighted by atomic mass is 35.5. The summed E-state index contributed by atoms with van der Waals surface area (Å²) in [6, 6.07) is 13.5. The lowest BCUT2D eigenvalue weighted by atomic mass is 10.1.